The smallest absolute Gasteiger partial charge is 0.238 e. The van der Waals surface area contributed by atoms with Gasteiger partial charge in [0.25, 0.3) is 0 Å². The van der Waals surface area contributed by atoms with Crippen LogP contribution in [0, 0.1) is 0 Å². The third kappa shape index (κ3) is 4.39. The molecule has 174 valence electrons. The molecule has 2 aliphatic rings. The van der Waals surface area contributed by atoms with Gasteiger partial charge in [-0.15, -0.1) is 0 Å². The Kier molecular flexibility index (Phi) is 6.26. The van der Waals surface area contributed by atoms with E-state index in [1.165, 1.54) is 5.56 Å². The number of anilines is 2. The van der Waals surface area contributed by atoms with Gasteiger partial charge in [0.15, 0.2) is 0 Å². The summed E-state index contributed by atoms with van der Waals surface area (Å²) in [5.41, 5.74) is 6.14. The summed E-state index contributed by atoms with van der Waals surface area (Å²) < 4.78 is 5.94. The van der Waals surface area contributed by atoms with E-state index in [2.05, 4.69) is 41.6 Å². The molecule has 3 aromatic rings. The molecule has 0 saturated carbocycles. The number of nitrogens with one attached hydrogen (secondary N) is 2. The fourth-order valence-corrected chi connectivity index (χ4v) is 4.59. The van der Waals surface area contributed by atoms with E-state index in [0.29, 0.717) is 17.3 Å². The number of carbonyl (C=O) groups excluding carboxylic acids is 1. The summed E-state index contributed by atoms with van der Waals surface area (Å²) in [6, 6.07) is 19.6. The minimum atomic E-state index is -0.548. The largest absolute Gasteiger partial charge is 0.490 e. The monoisotopic (exact) mass is 474 g/mol. The number of hydrogen-bond acceptors (Lipinski definition) is 5. The van der Waals surface area contributed by atoms with Gasteiger partial charge in [0.1, 0.15) is 18.3 Å². The lowest BCUT2D eigenvalue weighted by Crippen LogP contribution is -2.29. The zero-order valence-electron chi connectivity index (χ0n) is 19.3. The van der Waals surface area contributed by atoms with Gasteiger partial charge in [-0.25, -0.2) is 0 Å². The van der Waals surface area contributed by atoms with Crippen molar-refractivity contribution < 1.29 is 9.53 Å². The quantitative estimate of drug-likeness (QED) is 0.486. The average Bonchev–Trinajstić information content (AvgIpc) is 3.16. The first-order chi connectivity index (χ1) is 16.5. The molecule has 0 aromatic heterocycles. The van der Waals surface area contributed by atoms with Gasteiger partial charge >= 0.3 is 0 Å². The molecule has 1 amide bonds. The van der Waals surface area contributed by atoms with Gasteiger partial charge in [0.2, 0.25) is 5.91 Å². The van der Waals surface area contributed by atoms with Crippen LogP contribution in [0.25, 0.3) is 0 Å². The van der Waals surface area contributed by atoms with Crippen LogP contribution in [0.2, 0.25) is 5.02 Å². The Morgan fingerprint density at radius 1 is 1.18 bits per heavy atom. The highest BCUT2D eigenvalue weighted by Crippen LogP contribution is 2.39. The lowest BCUT2D eigenvalue weighted by molar-refractivity contribution is -0.115. The molecule has 0 spiro atoms. The lowest BCUT2D eigenvalue weighted by atomic mass is 9.90. The molecule has 5 rings (SSSR count). The first kappa shape index (κ1) is 22.4. The Labute approximate surface area is 204 Å². The number of carbonyl (C=O) groups is 1. The van der Waals surface area contributed by atoms with Crippen molar-refractivity contribution in [2.45, 2.75) is 19.4 Å². The molecule has 2 heterocycles. The zero-order valence-corrected chi connectivity index (χ0v) is 20.0. The van der Waals surface area contributed by atoms with Gasteiger partial charge in [0, 0.05) is 29.9 Å². The predicted octanol–water partition coefficient (Wildman–Crippen LogP) is 5.13. The highest BCUT2D eigenvalue weighted by atomic mass is 35.5. The predicted molar refractivity (Wildman–Crippen MR) is 138 cm³/mol. The van der Waals surface area contributed by atoms with Crippen LogP contribution >= 0.6 is 11.6 Å². The van der Waals surface area contributed by atoms with Gasteiger partial charge in [-0.05, 0) is 54.1 Å². The van der Waals surface area contributed by atoms with E-state index in [0.717, 1.165) is 53.6 Å². The molecule has 0 saturated heterocycles. The normalized spacial score (nSPS) is 17.1. The zero-order chi connectivity index (χ0) is 23.7. The molecule has 1 atom stereocenters. The minimum Gasteiger partial charge on any atom is -0.490 e. The van der Waals surface area contributed by atoms with E-state index in [4.69, 9.17) is 21.3 Å². The van der Waals surface area contributed by atoms with Crippen molar-refractivity contribution in [2.75, 3.05) is 37.0 Å². The molecule has 2 N–H and O–H groups in total. The first-order valence-electron chi connectivity index (χ1n) is 11.5. The summed E-state index contributed by atoms with van der Waals surface area (Å²) in [6.45, 7) is 5.27. The van der Waals surface area contributed by atoms with Crippen molar-refractivity contribution in [1.29, 1.82) is 0 Å². The van der Waals surface area contributed by atoms with Crippen LogP contribution in [0.5, 0.6) is 5.75 Å². The Balaban J connectivity index is 1.60. The Hall–Kier alpha value is -3.35. The SMILES string of the molecule is CCNCc1ccc(N=C(c2ccc3c(c2)OCCN3C)C2C(=O)Nc3cc(Cl)ccc32)cc1. The fraction of sp³-hybridized carbons (Fsp3) is 0.259. The molecular weight excluding hydrogens is 448 g/mol. The van der Waals surface area contributed by atoms with Crippen LogP contribution < -0.4 is 20.3 Å². The number of fused-ring (bicyclic) bond motifs is 2. The molecule has 34 heavy (non-hydrogen) atoms. The van der Waals surface area contributed by atoms with Gasteiger partial charge < -0.3 is 20.3 Å². The minimum absolute atomic E-state index is 0.115. The van der Waals surface area contributed by atoms with Crippen molar-refractivity contribution >= 4 is 40.3 Å². The number of rotatable bonds is 6. The fourth-order valence-electron chi connectivity index (χ4n) is 4.42. The highest BCUT2D eigenvalue weighted by molar-refractivity contribution is 6.31. The van der Waals surface area contributed by atoms with E-state index in [9.17, 15) is 4.79 Å². The number of aliphatic imine (C=N–C) groups is 1. The van der Waals surface area contributed by atoms with Gasteiger partial charge in [0.05, 0.1) is 23.6 Å². The summed E-state index contributed by atoms with van der Waals surface area (Å²) in [7, 11) is 2.05. The number of likely N-dealkylation sites (N-methyl/N-ethyl adjacent to an activating group) is 1. The Morgan fingerprint density at radius 3 is 2.79 bits per heavy atom. The van der Waals surface area contributed by atoms with Crippen LogP contribution in [-0.4, -0.2) is 38.4 Å². The lowest BCUT2D eigenvalue weighted by Gasteiger charge is -2.28. The summed E-state index contributed by atoms with van der Waals surface area (Å²) in [5, 5.41) is 6.89. The molecular formula is C27H27ClN4O2. The number of halogens is 1. The average molecular weight is 475 g/mol. The molecule has 0 bridgehead atoms. The van der Waals surface area contributed by atoms with Crippen LogP contribution in [0.1, 0.15) is 29.5 Å². The number of nitrogens with zero attached hydrogens (tertiary/aromatic N) is 2. The van der Waals surface area contributed by atoms with E-state index in [-0.39, 0.29) is 5.91 Å². The highest BCUT2D eigenvalue weighted by Gasteiger charge is 2.36. The number of ether oxygens (including phenoxy) is 1. The maximum Gasteiger partial charge on any atom is 0.238 e. The van der Waals surface area contributed by atoms with E-state index in [1.54, 1.807) is 6.07 Å². The number of amides is 1. The molecule has 0 radical (unpaired) electrons. The van der Waals surface area contributed by atoms with Crippen molar-refractivity contribution in [3.05, 3.63) is 82.4 Å². The standard InChI is InChI=1S/C27H27ClN4O2/c1-3-29-16-17-4-8-20(9-5-17)30-26(18-6-11-23-24(14-18)34-13-12-32(23)2)25-21-10-7-19(28)15-22(21)31-27(25)33/h4-11,14-15,25,29H,3,12-13,16H2,1-2H3,(H,31,33). The molecule has 7 heteroatoms. The van der Waals surface area contributed by atoms with E-state index < -0.39 is 5.92 Å². The summed E-state index contributed by atoms with van der Waals surface area (Å²) in [4.78, 5) is 20.4. The molecule has 2 aliphatic heterocycles. The second-order valence-electron chi connectivity index (χ2n) is 8.55. The summed E-state index contributed by atoms with van der Waals surface area (Å²) in [5.74, 6) is 0.137. The third-order valence-electron chi connectivity index (χ3n) is 6.24. The van der Waals surface area contributed by atoms with Gasteiger partial charge in [-0.2, -0.15) is 0 Å². The first-order valence-corrected chi connectivity index (χ1v) is 11.9. The number of hydrogen-bond donors (Lipinski definition) is 2. The van der Waals surface area contributed by atoms with Crippen LogP contribution in [0.3, 0.4) is 0 Å². The molecule has 1 unspecified atom stereocenters. The molecule has 0 fully saturated rings. The van der Waals surface area contributed by atoms with Crippen molar-refractivity contribution in [3.8, 4) is 5.75 Å². The van der Waals surface area contributed by atoms with Gasteiger partial charge in [-0.3, -0.25) is 9.79 Å². The maximum absolute atomic E-state index is 13.2. The van der Waals surface area contributed by atoms with Crippen molar-refractivity contribution in [1.82, 2.24) is 5.32 Å². The van der Waals surface area contributed by atoms with Crippen molar-refractivity contribution in [3.63, 3.8) is 0 Å². The van der Waals surface area contributed by atoms with Crippen molar-refractivity contribution in [2.24, 2.45) is 4.99 Å². The Morgan fingerprint density at radius 2 is 2.00 bits per heavy atom. The second-order valence-corrected chi connectivity index (χ2v) is 8.99. The molecule has 6 nitrogen and oxygen atoms in total. The topological polar surface area (TPSA) is 66.0 Å². The number of benzene rings is 3. The van der Waals surface area contributed by atoms with E-state index in [1.807, 2.05) is 42.5 Å². The van der Waals surface area contributed by atoms with E-state index >= 15 is 0 Å². The van der Waals surface area contributed by atoms with Gasteiger partial charge in [-0.1, -0.05) is 42.8 Å². The maximum atomic E-state index is 13.2. The second kappa shape index (κ2) is 9.49. The molecule has 3 aromatic carbocycles. The summed E-state index contributed by atoms with van der Waals surface area (Å²) >= 11 is 6.18. The molecule has 0 aliphatic carbocycles. The van der Waals surface area contributed by atoms with Crippen LogP contribution in [-0.2, 0) is 11.3 Å². The third-order valence-corrected chi connectivity index (χ3v) is 6.47. The Bertz CT molecular complexity index is 1260. The summed E-state index contributed by atoms with van der Waals surface area (Å²) in [6.07, 6.45) is 0. The van der Waals surface area contributed by atoms with Crippen LogP contribution in [0.15, 0.2) is 65.7 Å². The van der Waals surface area contributed by atoms with Crippen LogP contribution in [0.4, 0.5) is 17.1 Å².